The Hall–Kier alpha value is -2.01. The zero-order valence-electron chi connectivity index (χ0n) is 9.53. The van der Waals surface area contributed by atoms with Crippen LogP contribution in [-0.2, 0) is 0 Å². The molecule has 2 aromatic rings. The van der Waals surface area contributed by atoms with E-state index < -0.39 is 6.10 Å². The van der Waals surface area contributed by atoms with Crippen LogP contribution < -0.4 is 11.0 Å². The number of aromatic nitrogens is 2. The SMILES string of the molecule is Cc1ccc(NCC(O)c2c[nH]c(=O)[nH]2)cc1. The summed E-state index contributed by atoms with van der Waals surface area (Å²) >= 11 is 0. The molecule has 0 fully saturated rings. The molecule has 4 N–H and O–H groups in total. The van der Waals surface area contributed by atoms with Gasteiger partial charge in [0.2, 0.25) is 0 Å². The predicted molar refractivity (Wildman–Crippen MR) is 66.0 cm³/mol. The molecular formula is C12H15N3O2. The first kappa shape index (κ1) is 11.5. The van der Waals surface area contributed by atoms with Crippen LogP contribution in [0.4, 0.5) is 5.69 Å². The van der Waals surface area contributed by atoms with Crippen molar-refractivity contribution >= 4 is 5.69 Å². The number of aliphatic hydroxyl groups excluding tert-OH is 1. The fraction of sp³-hybridized carbons (Fsp3) is 0.250. The van der Waals surface area contributed by atoms with E-state index in [0.29, 0.717) is 12.2 Å². The standard InChI is InChI=1S/C12H15N3O2/c1-8-2-4-9(5-3-8)13-7-11(16)10-6-14-12(17)15-10/h2-6,11,13,16H,7H2,1H3,(H2,14,15,17). The van der Waals surface area contributed by atoms with Gasteiger partial charge in [0.05, 0.1) is 5.69 Å². The summed E-state index contributed by atoms with van der Waals surface area (Å²) in [6, 6.07) is 7.88. The van der Waals surface area contributed by atoms with Crippen LogP contribution in [0.5, 0.6) is 0 Å². The van der Waals surface area contributed by atoms with Gasteiger partial charge in [0.25, 0.3) is 0 Å². The number of imidazole rings is 1. The molecule has 0 spiro atoms. The van der Waals surface area contributed by atoms with Gasteiger partial charge in [-0.2, -0.15) is 0 Å². The Morgan fingerprint density at radius 3 is 2.65 bits per heavy atom. The van der Waals surface area contributed by atoms with Crippen LogP contribution in [0.15, 0.2) is 35.3 Å². The van der Waals surface area contributed by atoms with E-state index in [1.54, 1.807) is 0 Å². The van der Waals surface area contributed by atoms with Gasteiger partial charge in [0, 0.05) is 18.4 Å². The van der Waals surface area contributed by atoms with Gasteiger partial charge in [-0.3, -0.25) is 0 Å². The zero-order chi connectivity index (χ0) is 12.3. The second-order valence-corrected chi connectivity index (χ2v) is 3.96. The third kappa shape index (κ3) is 2.98. The van der Waals surface area contributed by atoms with Gasteiger partial charge in [-0.05, 0) is 19.1 Å². The van der Waals surface area contributed by atoms with E-state index in [2.05, 4.69) is 15.3 Å². The number of H-pyrrole nitrogens is 2. The number of hydrogen-bond acceptors (Lipinski definition) is 3. The van der Waals surface area contributed by atoms with Crippen LogP contribution in [-0.4, -0.2) is 21.6 Å². The van der Waals surface area contributed by atoms with Crippen molar-refractivity contribution < 1.29 is 5.11 Å². The maximum atomic E-state index is 10.9. The topological polar surface area (TPSA) is 80.9 Å². The quantitative estimate of drug-likeness (QED) is 0.639. The predicted octanol–water partition coefficient (Wildman–Crippen LogP) is 1.16. The molecular weight excluding hydrogens is 218 g/mol. The maximum absolute atomic E-state index is 10.9. The van der Waals surface area contributed by atoms with Crippen LogP contribution in [0.25, 0.3) is 0 Å². The molecule has 0 saturated carbocycles. The molecule has 0 bridgehead atoms. The average molecular weight is 233 g/mol. The molecule has 1 aromatic heterocycles. The van der Waals surface area contributed by atoms with Gasteiger partial charge >= 0.3 is 5.69 Å². The van der Waals surface area contributed by atoms with E-state index in [-0.39, 0.29) is 5.69 Å². The molecule has 5 heteroatoms. The summed E-state index contributed by atoms with van der Waals surface area (Å²) in [6.07, 6.45) is 0.736. The van der Waals surface area contributed by atoms with Crippen molar-refractivity contribution in [1.82, 2.24) is 9.97 Å². The summed E-state index contributed by atoms with van der Waals surface area (Å²) in [5, 5.41) is 12.9. The molecule has 0 radical (unpaired) electrons. The summed E-state index contributed by atoms with van der Waals surface area (Å²) in [5.74, 6) is 0. The maximum Gasteiger partial charge on any atom is 0.323 e. The largest absolute Gasteiger partial charge is 0.385 e. The van der Waals surface area contributed by atoms with Crippen molar-refractivity contribution in [2.75, 3.05) is 11.9 Å². The third-order valence-electron chi connectivity index (χ3n) is 2.53. The highest BCUT2D eigenvalue weighted by molar-refractivity contribution is 5.44. The minimum absolute atomic E-state index is 0.311. The van der Waals surface area contributed by atoms with Crippen molar-refractivity contribution in [3.63, 3.8) is 0 Å². The van der Waals surface area contributed by atoms with E-state index in [9.17, 15) is 9.90 Å². The molecule has 0 aliphatic carbocycles. The number of nitrogens with one attached hydrogen (secondary N) is 3. The van der Waals surface area contributed by atoms with Crippen LogP contribution in [0.1, 0.15) is 17.4 Å². The van der Waals surface area contributed by atoms with Crippen LogP contribution in [0.3, 0.4) is 0 Å². The highest BCUT2D eigenvalue weighted by atomic mass is 16.3. The molecule has 1 aromatic carbocycles. The summed E-state index contributed by atoms with van der Waals surface area (Å²) in [4.78, 5) is 15.8. The normalized spacial score (nSPS) is 12.4. The van der Waals surface area contributed by atoms with Crippen LogP contribution in [0, 0.1) is 6.92 Å². The number of benzene rings is 1. The molecule has 90 valence electrons. The average Bonchev–Trinajstić information content (AvgIpc) is 2.75. The van der Waals surface area contributed by atoms with E-state index in [4.69, 9.17) is 0 Å². The molecule has 0 aliphatic heterocycles. The summed E-state index contributed by atoms with van der Waals surface area (Å²) in [5.41, 5.74) is 2.29. The van der Waals surface area contributed by atoms with Gasteiger partial charge in [-0.1, -0.05) is 17.7 Å². The molecule has 17 heavy (non-hydrogen) atoms. The van der Waals surface area contributed by atoms with Gasteiger partial charge in [0.1, 0.15) is 6.10 Å². The molecule has 0 aliphatic rings. The Morgan fingerprint density at radius 2 is 2.06 bits per heavy atom. The van der Waals surface area contributed by atoms with Crippen molar-refractivity contribution in [2.45, 2.75) is 13.0 Å². The lowest BCUT2D eigenvalue weighted by Crippen LogP contribution is -2.13. The minimum atomic E-state index is -0.741. The molecule has 1 unspecified atom stereocenters. The molecule has 2 rings (SSSR count). The lowest BCUT2D eigenvalue weighted by Gasteiger charge is -2.11. The van der Waals surface area contributed by atoms with Crippen molar-refractivity contribution in [3.8, 4) is 0 Å². The van der Waals surface area contributed by atoms with E-state index >= 15 is 0 Å². The number of aryl methyl sites for hydroxylation is 1. The van der Waals surface area contributed by atoms with Crippen LogP contribution >= 0.6 is 0 Å². The van der Waals surface area contributed by atoms with E-state index in [1.165, 1.54) is 11.8 Å². The number of hydrogen-bond donors (Lipinski definition) is 4. The summed E-state index contributed by atoms with van der Waals surface area (Å²) in [6.45, 7) is 2.36. The number of aromatic amines is 2. The molecule has 1 heterocycles. The highest BCUT2D eigenvalue weighted by Crippen LogP contribution is 2.12. The first-order chi connectivity index (χ1) is 8.15. The zero-order valence-corrected chi connectivity index (χ0v) is 9.53. The Bertz CT molecular complexity index is 527. The second kappa shape index (κ2) is 4.88. The molecule has 0 saturated heterocycles. The number of anilines is 1. The lowest BCUT2D eigenvalue weighted by molar-refractivity contribution is 0.187. The first-order valence-electron chi connectivity index (χ1n) is 5.41. The Morgan fingerprint density at radius 1 is 1.35 bits per heavy atom. The molecule has 0 amide bonds. The van der Waals surface area contributed by atoms with Crippen molar-refractivity contribution in [2.24, 2.45) is 0 Å². The van der Waals surface area contributed by atoms with Crippen molar-refractivity contribution in [3.05, 3.63) is 52.2 Å². The number of aliphatic hydroxyl groups is 1. The first-order valence-corrected chi connectivity index (χ1v) is 5.41. The van der Waals surface area contributed by atoms with Gasteiger partial charge in [-0.15, -0.1) is 0 Å². The van der Waals surface area contributed by atoms with Crippen molar-refractivity contribution in [1.29, 1.82) is 0 Å². The van der Waals surface area contributed by atoms with E-state index in [1.807, 2.05) is 31.2 Å². The summed E-state index contributed by atoms with van der Waals surface area (Å²) in [7, 11) is 0. The minimum Gasteiger partial charge on any atom is -0.385 e. The Labute approximate surface area is 98.5 Å². The second-order valence-electron chi connectivity index (χ2n) is 3.96. The summed E-state index contributed by atoms with van der Waals surface area (Å²) < 4.78 is 0. The van der Waals surface area contributed by atoms with Crippen LogP contribution in [0.2, 0.25) is 0 Å². The Balaban J connectivity index is 1.94. The fourth-order valence-corrected chi connectivity index (χ4v) is 1.52. The monoisotopic (exact) mass is 233 g/mol. The molecule has 5 nitrogen and oxygen atoms in total. The number of rotatable bonds is 4. The van der Waals surface area contributed by atoms with Gasteiger partial charge in [-0.25, -0.2) is 4.79 Å². The van der Waals surface area contributed by atoms with Gasteiger partial charge < -0.3 is 20.4 Å². The lowest BCUT2D eigenvalue weighted by atomic mass is 10.2. The fourth-order valence-electron chi connectivity index (χ4n) is 1.52. The molecule has 1 atom stereocenters. The third-order valence-corrected chi connectivity index (χ3v) is 2.53. The van der Waals surface area contributed by atoms with E-state index in [0.717, 1.165) is 5.69 Å². The smallest absolute Gasteiger partial charge is 0.323 e. The highest BCUT2D eigenvalue weighted by Gasteiger charge is 2.08. The van der Waals surface area contributed by atoms with Gasteiger partial charge in [0.15, 0.2) is 0 Å². The Kier molecular flexibility index (Phi) is 3.30.